The van der Waals surface area contributed by atoms with E-state index in [0.29, 0.717) is 39.3 Å². The molecule has 0 saturated carbocycles. The zero-order valence-electron chi connectivity index (χ0n) is 13.4. The average Bonchev–Trinajstić information content (AvgIpc) is 2.91. The number of imidazole rings is 1. The predicted octanol–water partition coefficient (Wildman–Crippen LogP) is 1.72. The number of ether oxygens (including phenoxy) is 3. The summed E-state index contributed by atoms with van der Waals surface area (Å²) in [5.41, 5.74) is 1.77. The highest BCUT2D eigenvalue weighted by molar-refractivity contribution is 5.79. The van der Waals surface area contributed by atoms with Gasteiger partial charge in [-0.25, -0.2) is 4.98 Å². The first-order chi connectivity index (χ1) is 11.2. The Labute approximate surface area is 134 Å². The van der Waals surface area contributed by atoms with E-state index in [1.807, 2.05) is 31.0 Å². The Hall–Kier alpha value is -2.28. The molecule has 0 aliphatic carbocycles. The van der Waals surface area contributed by atoms with Crippen LogP contribution in [0.1, 0.15) is 19.2 Å². The second-order valence-electron chi connectivity index (χ2n) is 5.49. The topological polar surface area (TPSA) is 76.7 Å². The Bertz CT molecular complexity index is 655. The fraction of sp³-hybridized carbons (Fsp3) is 0.500. The molecule has 7 heteroatoms. The standard InChI is InChI=1S/C16H21N3O4/c1-3-21-16(20)4-5-19(2)10-15-17-11-8-13-14(9-12(11)18-15)23-7-6-22-13/h8-9H,3-7,10H2,1-2H3,(H,17,18). The highest BCUT2D eigenvalue weighted by atomic mass is 16.6. The molecule has 0 spiro atoms. The van der Waals surface area contributed by atoms with Crippen molar-refractivity contribution < 1.29 is 19.0 Å². The van der Waals surface area contributed by atoms with Crippen molar-refractivity contribution in [1.29, 1.82) is 0 Å². The summed E-state index contributed by atoms with van der Waals surface area (Å²) >= 11 is 0. The number of benzene rings is 1. The number of aromatic amines is 1. The molecule has 2 aromatic rings. The van der Waals surface area contributed by atoms with E-state index in [0.717, 1.165) is 28.4 Å². The molecule has 0 amide bonds. The molecule has 1 N–H and O–H groups in total. The number of nitrogens with zero attached hydrogens (tertiary/aromatic N) is 2. The lowest BCUT2D eigenvalue weighted by Gasteiger charge is -2.17. The number of rotatable bonds is 6. The van der Waals surface area contributed by atoms with Crippen LogP contribution in [0, 0.1) is 0 Å². The van der Waals surface area contributed by atoms with Crippen molar-refractivity contribution in [3.8, 4) is 11.5 Å². The van der Waals surface area contributed by atoms with Crippen LogP contribution in [-0.4, -0.2) is 54.3 Å². The van der Waals surface area contributed by atoms with Gasteiger partial charge in [0.1, 0.15) is 19.0 Å². The summed E-state index contributed by atoms with van der Waals surface area (Å²) < 4.78 is 16.1. The van der Waals surface area contributed by atoms with Crippen LogP contribution in [0.15, 0.2) is 12.1 Å². The molecular weight excluding hydrogens is 298 g/mol. The van der Waals surface area contributed by atoms with Crippen molar-refractivity contribution in [1.82, 2.24) is 14.9 Å². The molecule has 124 valence electrons. The Morgan fingerprint density at radius 2 is 2.09 bits per heavy atom. The molecule has 7 nitrogen and oxygen atoms in total. The van der Waals surface area contributed by atoms with E-state index in [9.17, 15) is 4.79 Å². The number of H-pyrrole nitrogens is 1. The van der Waals surface area contributed by atoms with Gasteiger partial charge in [-0.05, 0) is 14.0 Å². The van der Waals surface area contributed by atoms with Crippen molar-refractivity contribution in [2.45, 2.75) is 19.9 Å². The van der Waals surface area contributed by atoms with Gasteiger partial charge in [-0.15, -0.1) is 0 Å². The van der Waals surface area contributed by atoms with Crippen LogP contribution in [0.2, 0.25) is 0 Å². The zero-order chi connectivity index (χ0) is 16.2. The van der Waals surface area contributed by atoms with Gasteiger partial charge < -0.3 is 19.2 Å². The number of esters is 1. The van der Waals surface area contributed by atoms with E-state index in [4.69, 9.17) is 14.2 Å². The van der Waals surface area contributed by atoms with Gasteiger partial charge in [-0.3, -0.25) is 9.69 Å². The number of carbonyl (C=O) groups is 1. The van der Waals surface area contributed by atoms with Gasteiger partial charge in [0.25, 0.3) is 0 Å². The molecule has 0 fully saturated rings. The SMILES string of the molecule is CCOC(=O)CCN(C)Cc1nc2cc3c(cc2[nH]1)OCCO3. The molecule has 2 heterocycles. The Morgan fingerprint density at radius 3 is 2.83 bits per heavy atom. The van der Waals surface area contributed by atoms with E-state index in [-0.39, 0.29) is 5.97 Å². The van der Waals surface area contributed by atoms with Gasteiger partial charge in [-0.1, -0.05) is 0 Å². The number of hydrogen-bond donors (Lipinski definition) is 1. The van der Waals surface area contributed by atoms with Crippen LogP contribution in [0.4, 0.5) is 0 Å². The number of aromatic nitrogens is 2. The second-order valence-corrected chi connectivity index (χ2v) is 5.49. The minimum atomic E-state index is -0.175. The van der Waals surface area contributed by atoms with Crippen LogP contribution >= 0.6 is 0 Å². The maximum absolute atomic E-state index is 11.4. The fourth-order valence-electron chi connectivity index (χ4n) is 2.52. The molecule has 1 aromatic heterocycles. The molecule has 0 bridgehead atoms. The number of nitrogens with one attached hydrogen (secondary N) is 1. The van der Waals surface area contributed by atoms with Crippen molar-refractivity contribution in [2.75, 3.05) is 33.4 Å². The van der Waals surface area contributed by atoms with Crippen molar-refractivity contribution in [2.24, 2.45) is 0 Å². The van der Waals surface area contributed by atoms with Crippen molar-refractivity contribution >= 4 is 17.0 Å². The number of carbonyl (C=O) groups excluding carboxylic acids is 1. The minimum Gasteiger partial charge on any atom is -0.486 e. The van der Waals surface area contributed by atoms with Gasteiger partial charge in [0.15, 0.2) is 11.5 Å². The van der Waals surface area contributed by atoms with Gasteiger partial charge in [0.2, 0.25) is 0 Å². The van der Waals surface area contributed by atoms with E-state index in [2.05, 4.69) is 9.97 Å². The summed E-state index contributed by atoms with van der Waals surface area (Å²) in [6.07, 6.45) is 0.376. The van der Waals surface area contributed by atoms with Gasteiger partial charge in [0, 0.05) is 18.7 Å². The highest BCUT2D eigenvalue weighted by Crippen LogP contribution is 2.33. The molecule has 23 heavy (non-hydrogen) atoms. The monoisotopic (exact) mass is 319 g/mol. The zero-order valence-corrected chi connectivity index (χ0v) is 13.4. The molecule has 1 aliphatic heterocycles. The number of fused-ring (bicyclic) bond motifs is 2. The number of hydrogen-bond acceptors (Lipinski definition) is 6. The van der Waals surface area contributed by atoms with E-state index in [1.54, 1.807) is 0 Å². The fourth-order valence-corrected chi connectivity index (χ4v) is 2.52. The first-order valence-corrected chi connectivity index (χ1v) is 7.78. The van der Waals surface area contributed by atoms with Crippen LogP contribution in [0.3, 0.4) is 0 Å². The van der Waals surface area contributed by atoms with Crippen LogP contribution in [0.25, 0.3) is 11.0 Å². The molecule has 0 saturated heterocycles. The Morgan fingerprint density at radius 1 is 1.35 bits per heavy atom. The normalized spacial score (nSPS) is 13.5. The van der Waals surface area contributed by atoms with Gasteiger partial charge >= 0.3 is 5.97 Å². The lowest BCUT2D eigenvalue weighted by molar-refractivity contribution is -0.143. The summed E-state index contributed by atoms with van der Waals surface area (Å²) in [5.74, 6) is 2.15. The summed E-state index contributed by atoms with van der Waals surface area (Å²) in [4.78, 5) is 21.3. The summed E-state index contributed by atoms with van der Waals surface area (Å²) in [5, 5.41) is 0. The van der Waals surface area contributed by atoms with Gasteiger partial charge in [-0.2, -0.15) is 0 Å². The van der Waals surface area contributed by atoms with Crippen molar-refractivity contribution in [3.05, 3.63) is 18.0 Å². The summed E-state index contributed by atoms with van der Waals surface area (Å²) in [6, 6.07) is 3.81. The lowest BCUT2D eigenvalue weighted by Crippen LogP contribution is -2.22. The van der Waals surface area contributed by atoms with Crippen molar-refractivity contribution in [3.63, 3.8) is 0 Å². The predicted molar refractivity (Wildman–Crippen MR) is 84.7 cm³/mol. The van der Waals surface area contributed by atoms with E-state index in [1.165, 1.54) is 0 Å². The summed E-state index contributed by atoms with van der Waals surface area (Å²) in [7, 11) is 1.95. The third-order valence-corrected chi connectivity index (χ3v) is 3.62. The largest absolute Gasteiger partial charge is 0.486 e. The molecule has 0 atom stereocenters. The average molecular weight is 319 g/mol. The lowest BCUT2D eigenvalue weighted by atomic mass is 10.2. The van der Waals surface area contributed by atoms with Crippen LogP contribution < -0.4 is 9.47 Å². The summed E-state index contributed by atoms with van der Waals surface area (Å²) in [6.45, 7) is 4.60. The maximum atomic E-state index is 11.4. The Kier molecular flexibility index (Phi) is 4.66. The maximum Gasteiger partial charge on any atom is 0.307 e. The van der Waals surface area contributed by atoms with Crippen LogP contribution in [0.5, 0.6) is 11.5 Å². The Balaban J connectivity index is 1.65. The first kappa shape index (κ1) is 15.6. The van der Waals surface area contributed by atoms with Crippen LogP contribution in [-0.2, 0) is 16.1 Å². The van der Waals surface area contributed by atoms with E-state index < -0.39 is 0 Å². The smallest absolute Gasteiger partial charge is 0.307 e. The molecule has 1 aliphatic rings. The molecule has 1 aromatic carbocycles. The highest BCUT2D eigenvalue weighted by Gasteiger charge is 2.15. The minimum absolute atomic E-state index is 0.175. The third kappa shape index (κ3) is 3.73. The third-order valence-electron chi connectivity index (χ3n) is 3.62. The first-order valence-electron chi connectivity index (χ1n) is 7.78. The van der Waals surface area contributed by atoms with Gasteiger partial charge in [0.05, 0.1) is 30.6 Å². The molecule has 0 radical (unpaired) electrons. The molecular formula is C16H21N3O4. The molecule has 3 rings (SSSR count). The molecule has 0 unspecified atom stereocenters. The quantitative estimate of drug-likeness (QED) is 0.817. The second kappa shape index (κ2) is 6.87. The van der Waals surface area contributed by atoms with E-state index >= 15 is 0 Å².